The Labute approximate surface area is 82.7 Å². The molecular formula is C9H14N4O. The van der Waals surface area contributed by atoms with Gasteiger partial charge < -0.3 is 11.1 Å². The quantitative estimate of drug-likeness (QED) is 0.695. The van der Waals surface area contributed by atoms with Crippen LogP contribution >= 0.6 is 0 Å². The number of aryl methyl sites for hydroxylation is 1. The Kier molecular flexibility index (Phi) is 3.53. The molecular weight excluding hydrogens is 180 g/mol. The molecule has 0 aliphatic rings. The zero-order chi connectivity index (χ0) is 10.6. The van der Waals surface area contributed by atoms with E-state index >= 15 is 0 Å². The molecule has 3 N–H and O–H groups in total. The van der Waals surface area contributed by atoms with Gasteiger partial charge in [0, 0.05) is 6.20 Å². The summed E-state index contributed by atoms with van der Waals surface area (Å²) in [6.07, 6.45) is 3.30. The number of hydrogen-bond donors (Lipinski definition) is 2. The highest BCUT2D eigenvalue weighted by Gasteiger charge is 2.06. The fraction of sp³-hybridized carbons (Fsp3) is 0.444. The van der Waals surface area contributed by atoms with E-state index in [4.69, 9.17) is 5.73 Å². The summed E-state index contributed by atoms with van der Waals surface area (Å²) in [7, 11) is 0. The Balaban J connectivity index is 2.46. The summed E-state index contributed by atoms with van der Waals surface area (Å²) in [5.41, 5.74) is 6.96. The van der Waals surface area contributed by atoms with Gasteiger partial charge in [-0.2, -0.15) is 0 Å². The van der Waals surface area contributed by atoms with Crippen LogP contribution in [-0.2, 0) is 11.3 Å². The summed E-state index contributed by atoms with van der Waals surface area (Å²) in [6.45, 7) is 3.86. The molecule has 1 aromatic rings. The van der Waals surface area contributed by atoms with Crippen molar-refractivity contribution in [2.75, 3.05) is 0 Å². The lowest BCUT2D eigenvalue weighted by molar-refractivity contribution is -0.122. The Morgan fingerprint density at radius 3 is 2.79 bits per heavy atom. The molecule has 1 aromatic heterocycles. The average molecular weight is 194 g/mol. The molecule has 0 spiro atoms. The van der Waals surface area contributed by atoms with Gasteiger partial charge in [0.1, 0.15) is 0 Å². The van der Waals surface area contributed by atoms with Gasteiger partial charge in [0.15, 0.2) is 0 Å². The van der Waals surface area contributed by atoms with Crippen molar-refractivity contribution in [2.45, 2.75) is 26.4 Å². The minimum Gasteiger partial charge on any atom is -0.349 e. The summed E-state index contributed by atoms with van der Waals surface area (Å²) in [5, 5.41) is 2.65. The van der Waals surface area contributed by atoms with Crippen molar-refractivity contribution in [2.24, 2.45) is 5.73 Å². The summed E-state index contributed by atoms with van der Waals surface area (Å²) in [4.78, 5) is 19.2. The predicted octanol–water partition coefficient (Wildman–Crippen LogP) is -0.252. The number of aromatic nitrogens is 2. The van der Waals surface area contributed by atoms with Crippen molar-refractivity contribution in [3.63, 3.8) is 0 Å². The van der Waals surface area contributed by atoms with Crippen molar-refractivity contribution in [3.8, 4) is 0 Å². The van der Waals surface area contributed by atoms with Gasteiger partial charge in [0.25, 0.3) is 0 Å². The highest BCUT2D eigenvalue weighted by molar-refractivity contribution is 5.80. The van der Waals surface area contributed by atoms with Crippen LogP contribution in [0.2, 0.25) is 0 Å². The molecule has 76 valence electrons. The third kappa shape index (κ3) is 3.10. The van der Waals surface area contributed by atoms with E-state index in [0.29, 0.717) is 6.54 Å². The van der Waals surface area contributed by atoms with Crippen LogP contribution in [0.4, 0.5) is 0 Å². The first-order valence-corrected chi connectivity index (χ1v) is 4.40. The molecule has 1 amide bonds. The number of nitrogens with zero attached hydrogens (tertiary/aromatic N) is 2. The van der Waals surface area contributed by atoms with Gasteiger partial charge in [-0.1, -0.05) is 0 Å². The number of carbonyl (C=O) groups excluding carboxylic acids is 1. The van der Waals surface area contributed by atoms with Crippen LogP contribution in [0.25, 0.3) is 0 Å². The van der Waals surface area contributed by atoms with Gasteiger partial charge in [-0.15, -0.1) is 0 Å². The molecule has 0 aromatic carbocycles. The molecule has 0 aliphatic heterocycles. The number of nitrogens with one attached hydrogen (secondary N) is 1. The topological polar surface area (TPSA) is 80.9 Å². The molecule has 1 atom stereocenters. The third-order valence-corrected chi connectivity index (χ3v) is 1.69. The van der Waals surface area contributed by atoms with E-state index in [9.17, 15) is 4.79 Å². The first-order valence-electron chi connectivity index (χ1n) is 4.40. The molecule has 0 radical (unpaired) electrons. The van der Waals surface area contributed by atoms with E-state index in [-0.39, 0.29) is 5.91 Å². The summed E-state index contributed by atoms with van der Waals surface area (Å²) in [6, 6.07) is -0.492. The zero-order valence-corrected chi connectivity index (χ0v) is 8.32. The van der Waals surface area contributed by atoms with Gasteiger partial charge in [0.2, 0.25) is 5.91 Å². The van der Waals surface area contributed by atoms with Crippen molar-refractivity contribution in [1.29, 1.82) is 0 Å². The second-order valence-corrected chi connectivity index (χ2v) is 3.16. The van der Waals surface area contributed by atoms with Crippen LogP contribution in [-0.4, -0.2) is 21.9 Å². The van der Waals surface area contributed by atoms with Crippen molar-refractivity contribution in [3.05, 3.63) is 23.8 Å². The van der Waals surface area contributed by atoms with Crippen molar-refractivity contribution in [1.82, 2.24) is 15.3 Å². The molecule has 1 rings (SSSR count). The third-order valence-electron chi connectivity index (χ3n) is 1.69. The molecule has 14 heavy (non-hydrogen) atoms. The smallest absolute Gasteiger partial charge is 0.236 e. The number of amides is 1. The van der Waals surface area contributed by atoms with E-state index in [0.717, 1.165) is 11.4 Å². The van der Waals surface area contributed by atoms with Crippen LogP contribution < -0.4 is 11.1 Å². The maximum absolute atomic E-state index is 11.1. The number of rotatable bonds is 3. The van der Waals surface area contributed by atoms with E-state index < -0.39 is 6.04 Å². The molecule has 0 aliphatic carbocycles. The largest absolute Gasteiger partial charge is 0.349 e. The van der Waals surface area contributed by atoms with E-state index in [2.05, 4.69) is 15.3 Å². The maximum atomic E-state index is 11.1. The van der Waals surface area contributed by atoms with E-state index in [1.54, 1.807) is 19.3 Å². The minimum atomic E-state index is -0.492. The molecule has 5 heteroatoms. The normalized spacial score (nSPS) is 12.2. The first-order chi connectivity index (χ1) is 6.59. The summed E-state index contributed by atoms with van der Waals surface area (Å²) < 4.78 is 0. The van der Waals surface area contributed by atoms with E-state index in [1.807, 2.05) is 6.92 Å². The number of hydrogen-bond acceptors (Lipinski definition) is 4. The van der Waals surface area contributed by atoms with Crippen LogP contribution in [0.5, 0.6) is 0 Å². The van der Waals surface area contributed by atoms with Crippen LogP contribution in [0.1, 0.15) is 18.3 Å². The standard InChI is InChI=1S/C9H14N4O/c1-6-3-12-8(4-11-6)5-13-9(14)7(2)10/h3-4,7H,5,10H2,1-2H3,(H,13,14). The maximum Gasteiger partial charge on any atom is 0.236 e. The van der Waals surface area contributed by atoms with Crippen molar-refractivity contribution >= 4 is 5.91 Å². The van der Waals surface area contributed by atoms with Crippen LogP contribution in [0.15, 0.2) is 12.4 Å². The molecule has 1 heterocycles. The highest BCUT2D eigenvalue weighted by Crippen LogP contribution is 1.93. The Morgan fingerprint density at radius 2 is 2.29 bits per heavy atom. The molecule has 0 bridgehead atoms. The van der Waals surface area contributed by atoms with Crippen LogP contribution in [0.3, 0.4) is 0 Å². The monoisotopic (exact) mass is 194 g/mol. The fourth-order valence-corrected chi connectivity index (χ4v) is 0.849. The van der Waals surface area contributed by atoms with Gasteiger partial charge in [0.05, 0.1) is 30.2 Å². The molecule has 0 fully saturated rings. The summed E-state index contributed by atoms with van der Waals surface area (Å²) in [5.74, 6) is -0.188. The Morgan fingerprint density at radius 1 is 1.57 bits per heavy atom. The number of carbonyl (C=O) groups is 1. The first kappa shape index (κ1) is 10.6. The molecule has 0 saturated carbocycles. The average Bonchev–Trinajstić information content (AvgIpc) is 2.16. The lowest BCUT2D eigenvalue weighted by Crippen LogP contribution is -2.37. The second-order valence-electron chi connectivity index (χ2n) is 3.16. The zero-order valence-electron chi connectivity index (χ0n) is 8.32. The lowest BCUT2D eigenvalue weighted by Gasteiger charge is -2.06. The van der Waals surface area contributed by atoms with E-state index in [1.165, 1.54) is 0 Å². The summed E-state index contributed by atoms with van der Waals surface area (Å²) >= 11 is 0. The Hall–Kier alpha value is -1.49. The van der Waals surface area contributed by atoms with Gasteiger partial charge in [-0.25, -0.2) is 0 Å². The van der Waals surface area contributed by atoms with Crippen LogP contribution in [0, 0.1) is 6.92 Å². The van der Waals surface area contributed by atoms with Gasteiger partial charge in [-0.05, 0) is 13.8 Å². The fourth-order valence-electron chi connectivity index (χ4n) is 0.849. The van der Waals surface area contributed by atoms with Crippen molar-refractivity contribution < 1.29 is 4.79 Å². The highest BCUT2D eigenvalue weighted by atomic mass is 16.2. The van der Waals surface area contributed by atoms with Gasteiger partial charge in [-0.3, -0.25) is 14.8 Å². The minimum absolute atomic E-state index is 0.188. The molecule has 5 nitrogen and oxygen atoms in total. The molecule has 0 saturated heterocycles. The Bertz CT molecular complexity index is 307. The van der Waals surface area contributed by atoms with Gasteiger partial charge >= 0.3 is 0 Å². The molecule has 1 unspecified atom stereocenters. The number of nitrogens with two attached hydrogens (primary N) is 1. The second kappa shape index (κ2) is 4.66. The predicted molar refractivity (Wildman–Crippen MR) is 52.3 cm³/mol. The lowest BCUT2D eigenvalue weighted by atomic mass is 10.3. The SMILES string of the molecule is Cc1cnc(CNC(=O)C(C)N)cn1.